The maximum atomic E-state index is 11.4. The van der Waals surface area contributed by atoms with Gasteiger partial charge in [0.2, 0.25) is 0 Å². The number of carbonyl (C=O) groups excluding carboxylic acids is 2. The highest BCUT2D eigenvalue weighted by Gasteiger charge is 2.15. The van der Waals surface area contributed by atoms with Crippen LogP contribution in [0.1, 0.15) is 20.3 Å². The van der Waals surface area contributed by atoms with Crippen molar-refractivity contribution in [3.8, 4) is 0 Å². The number of ketones is 1. The van der Waals surface area contributed by atoms with E-state index in [-0.39, 0.29) is 17.8 Å². The van der Waals surface area contributed by atoms with Crippen LogP contribution in [0.4, 0.5) is 0 Å². The summed E-state index contributed by atoms with van der Waals surface area (Å²) >= 11 is 0. The van der Waals surface area contributed by atoms with Gasteiger partial charge in [-0.25, -0.2) is 0 Å². The van der Waals surface area contributed by atoms with E-state index in [9.17, 15) is 9.59 Å². The van der Waals surface area contributed by atoms with Crippen molar-refractivity contribution in [2.75, 3.05) is 14.1 Å². The standard InChI is InChI=1S/C11H18N2O2/c1-5-9(14)10(11(12)15)8(2)6-7-13(3)4/h6-7H,5H2,1-4H3,(H2,12,15)/b7-6+,10-8-. The van der Waals surface area contributed by atoms with Crippen molar-refractivity contribution in [2.24, 2.45) is 5.73 Å². The molecule has 2 N–H and O–H groups in total. The van der Waals surface area contributed by atoms with Crippen LogP contribution < -0.4 is 5.73 Å². The zero-order chi connectivity index (χ0) is 12.0. The number of Topliss-reactive ketones (excluding diaryl/α,β-unsaturated/α-hetero) is 1. The van der Waals surface area contributed by atoms with Crippen molar-refractivity contribution in [3.05, 3.63) is 23.4 Å². The van der Waals surface area contributed by atoms with Crippen LogP contribution in [-0.4, -0.2) is 30.7 Å². The number of amides is 1. The Morgan fingerprint density at radius 2 is 1.87 bits per heavy atom. The van der Waals surface area contributed by atoms with Gasteiger partial charge in [-0.1, -0.05) is 6.92 Å². The van der Waals surface area contributed by atoms with Gasteiger partial charge in [0, 0.05) is 20.5 Å². The Bertz CT molecular complexity index is 315. The molecule has 0 saturated carbocycles. The summed E-state index contributed by atoms with van der Waals surface area (Å²) in [7, 11) is 3.71. The summed E-state index contributed by atoms with van der Waals surface area (Å²) in [5, 5.41) is 0. The first-order valence-corrected chi connectivity index (χ1v) is 4.78. The van der Waals surface area contributed by atoms with E-state index in [1.807, 2.05) is 19.0 Å². The first kappa shape index (κ1) is 13.4. The molecule has 0 heterocycles. The number of carbonyl (C=O) groups is 2. The van der Waals surface area contributed by atoms with Crippen molar-refractivity contribution in [1.29, 1.82) is 0 Å². The highest BCUT2D eigenvalue weighted by molar-refractivity contribution is 6.19. The monoisotopic (exact) mass is 210 g/mol. The molecule has 0 aliphatic rings. The van der Waals surface area contributed by atoms with Gasteiger partial charge in [-0.05, 0) is 24.8 Å². The Morgan fingerprint density at radius 3 is 2.20 bits per heavy atom. The second-order valence-corrected chi connectivity index (χ2v) is 3.48. The minimum absolute atomic E-state index is 0.0931. The van der Waals surface area contributed by atoms with Crippen molar-refractivity contribution in [2.45, 2.75) is 20.3 Å². The van der Waals surface area contributed by atoms with Crippen LogP contribution in [0.15, 0.2) is 23.4 Å². The molecule has 0 aromatic carbocycles. The molecule has 4 heteroatoms. The van der Waals surface area contributed by atoms with Gasteiger partial charge in [-0.2, -0.15) is 0 Å². The molecule has 0 fully saturated rings. The first-order chi connectivity index (χ1) is 6.90. The topological polar surface area (TPSA) is 63.4 Å². The fourth-order valence-corrected chi connectivity index (χ4v) is 1.07. The highest BCUT2D eigenvalue weighted by Crippen LogP contribution is 2.08. The summed E-state index contributed by atoms with van der Waals surface area (Å²) in [6.07, 6.45) is 3.75. The normalized spacial score (nSPS) is 12.5. The quantitative estimate of drug-likeness (QED) is 0.316. The van der Waals surface area contributed by atoms with Crippen LogP contribution >= 0.6 is 0 Å². The van der Waals surface area contributed by atoms with E-state index in [2.05, 4.69) is 0 Å². The number of primary amides is 1. The van der Waals surface area contributed by atoms with Crippen molar-refractivity contribution in [3.63, 3.8) is 0 Å². The molecule has 0 aliphatic heterocycles. The smallest absolute Gasteiger partial charge is 0.252 e. The molecule has 0 spiro atoms. The van der Waals surface area contributed by atoms with Gasteiger partial charge in [-0.15, -0.1) is 0 Å². The van der Waals surface area contributed by atoms with Gasteiger partial charge >= 0.3 is 0 Å². The van der Waals surface area contributed by atoms with E-state index < -0.39 is 5.91 Å². The van der Waals surface area contributed by atoms with E-state index in [4.69, 9.17) is 5.73 Å². The van der Waals surface area contributed by atoms with Gasteiger partial charge < -0.3 is 10.6 Å². The molecule has 1 amide bonds. The average molecular weight is 210 g/mol. The third-order valence-electron chi connectivity index (χ3n) is 1.86. The van der Waals surface area contributed by atoms with E-state index in [0.717, 1.165) is 0 Å². The predicted molar refractivity (Wildman–Crippen MR) is 60.0 cm³/mol. The summed E-state index contributed by atoms with van der Waals surface area (Å²) in [5.41, 5.74) is 5.85. The van der Waals surface area contributed by atoms with Crippen LogP contribution in [-0.2, 0) is 9.59 Å². The van der Waals surface area contributed by atoms with E-state index in [1.165, 1.54) is 0 Å². The lowest BCUT2D eigenvalue weighted by molar-refractivity contribution is -0.120. The van der Waals surface area contributed by atoms with E-state index >= 15 is 0 Å². The van der Waals surface area contributed by atoms with Crippen LogP contribution in [0.5, 0.6) is 0 Å². The third kappa shape index (κ3) is 4.44. The Kier molecular flexibility index (Phi) is 5.37. The summed E-state index contributed by atoms with van der Waals surface area (Å²) in [6, 6.07) is 0. The fourth-order valence-electron chi connectivity index (χ4n) is 1.07. The molecule has 0 aromatic rings. The molecule has 0 aliphatic carbocycles. The minimum Gasteiger partial charge on any atom is -0.383 e. The van der Waals surface area contributed by atoms with Crippen molar-refractivity contribution >= 4 is 11.7 Å². The van der Waals surface area contributed by atoms with E-state index in [1.54, 1.807) is 26.1 Å². The van der Waals surface area contributed by atoms with Crippen LogP contribution in [0.3, 0.4) is 0 Å². The zero-order valence-electron chi connectivity index (χ0n) is 9.70. The molecule has 0 aromatic heterocycles. The maximum Gasteiger partial charge on any atom is 0.252 e. The van der Waals surface area contributed by atoms with Crippen LogP contribution in [0.25, 0.3) is 0 Å². The molecule has 15 heavy (non-hydrogen) atoms. The lowest BCUT2D eigenvalue weighted by Crippen LogP contribution is -2.21. The average Bonchev–Trinajstić information content (AvgIpc) is 2.14. The van der Waals surface area contributed by atoms with E-state index in [0.29, 0.717) is 5.57 Å². The maximum absolute atomic E-state index is 11.4. The van der Waals surface area contributed by atoms with Crippen molar-refractivity contribution < 1.29 is 9.59 Å². The SMILES string of the molecule is CCC(=O)/C(C(N)=O)=C(C)/C=C/N(C)C. The number of rotatable bonds is 5. The molecule has 0 saturated heterocycles. The molecule has 0 unspecified atom stereocenters. The molecule has 0 bridgehead atoms. The Labute approximate surface area is 90.4 Å². The summed E-state index contributed by atoms with van der Waals surface area (Å²) in [6.45, 7) is 3.40. The molecule has 4 nitrogen and oxygen atoms in total. The molecular formula is C11H18N2O2. The van der Waals surface area contributed by atoms with Crippen LogP contribution in [0.2, 0.25) is 0 Å². The molecule has 0 radical (unpaired) electrons. The number of hydrogen-bond acceptors (Lipinski definition) is 3. The number of allylic oxidation sites excluding steroid dienone is 2. The second kappa shape index (κ2) is 6.01. The van der Waals surface area contributed by atoms with Gasteiger partial charge in [0.05, 0.1) is 5.57 Å². The van der Waals surface area contributed by atoms with Crippen molar-refractivity contribution in [1.82, 2.24) is 4.90 Å². The zero-order valence-corrected chi connectivity index (χ0v) is 9.70. The van der Waals surface area contributed by atoms with Gasteiger partial charge in [0.15, 0.2) is 5.78 Å². The summed E-state index contributed by atoms with van der Waals surface area (Å²) in [4.78, 5) is 24.3. The minimum atomic E-state index is -0.664. The van der Waals surface area contributed by atoms with Gasteiger partial charge in [0.1, 0.15) is 0 Å². The number of nitrogens with two attached hydrogens (primary N) is 1. The number of nitrogens with zero attached hydrogens (tertiary/aromatic N) is 1. The lowest BCUT2D eigenvalue weighted by atomic mass is 10.0. The molecule has 84 valence electrons. The summed E-state index contributed by atoms with van der Waals surface area (Å²) in [5.74, 6) is -0.883. The Morgan fingerprint density at radius 1 is 1.33 bits per heavy atom. The second-order valence-electron chi connectivity index (χ2n) is 3.48. The molecule has 0 rings (SSSR count). The first-order valence-electron chi connectivity index (χ1n) is 4.78. The van der Waals surface area contributed by atoms with Gasteiger partial charge in [0.25, 0.3) is 5.91 Å². The third-order valence-corrected chi connectivity index (χ3v) is 1.86. The predicted octanol–water partition coefficient (Wildman–Crippen LogP) is 0.843. The van der Waals surface area contributed by atoms with Crippen LogP contribution in [0, 0.1) is 0 Å². The fraction of sp³-hybridized carbons (Fsp3) is 0.455. The highest BCUT2D eigenvalue weighted by atomic mass is 16.2. The lowest BCUT2D eigenvalue weighted by Gasteiger charge is -2.06. The largest absolute Gasteiger partial charge is 0.383 e. The molecular weight excluding hydrogens is 192 g/mol. The molecule has 0 atom stereocenters. The Balaban J connectivity index is 5.10. The Hall–Kier alpha value is -1.58. The summed E-state index contributed by atoms with van der Waals surface area (Å²) < 4.78 is 0. The number of hydrogen-bond donors (Lipinski definition) is 1. The van der Waals surface area contributed by atoms with Gasteiger partial charge in [-0.3, -0.25) is 9.59 Å².